The maximum Gasteiger partial charge on any atom is 0.395 e. The Morgan fingerprint density at radius 1 is 1.06 bits per heavy atom. The molecular weight excluding hydrogens is 441 g/mol. The van der Waals surface area contributed by atoms with Gasteiger partial charge in [-0.2, -0.15) is 17.5 Å². The predicted octanol–water partition coefficient (Wildman–Crippen LogP) is 4.07. The number of alkyl halides is 3. The Hall–Kier alpha value is -1.58. The third kappa shape index (κ3) is 5.66. The molecule has 0 spiro atoms. The molecule has 1 saturated carbocycles. The van der Waals surface area contributed by atoms with Gasteiger partial charge in [-0.1, -0.05) is 18.2 Å². The fourth-order valence-corrected chi connectivity index (χ4v) is 5.70. The molecule has 4 rings (SSSR count). The maximum absolute atomic E-state index is 14.0. The molecule has 2 fully saturated rings. The summed E-state index contributed by atoms with van der Waals surface area (Å²) in [6, 6.07) is 7.20. The van der Waals surface area contributed by atoms with Crippen LogP contribution in [0.3, 0.4) is 0 Å². The van der Waals surface area contributed by atoms with E-state index in [1.807, 2.05) is 18.2 Å². The molecule has 2 atom stereocenters. The van der Waals surface area contributed by atoms with E-state index in [1.54, 1.807) is 12.1 Å². The van der Waals surface area contributed by atoms with Crippen LogP contribution < -0.4 is 10.1 Å². The molecule has 2 unspecified atom stereocenters. The Morgan fingerprint density at radius 3 is 2.22 bits per heavy atom. The monoisotopic (exact) mass is 472 g/mol. The van der Waals surface area contributed by atoms with Crippen molar-refractivity contribution in [1.29, 1.82) is 0 Å². The van der Waals surface area contributed by atoms with Crippen molar-refractivity contribution in [3.8, 4) is 5.75 Å². The molecule has 1 aliphatic carbocycles. The van der Waals surface area contributed by atoms with Gasteiger partial charge in [0.1, 0.15) is 11.9 Å². The van der Waals surface area contributed by atoms with Gasteiger partial charge in [-0.05, 0) is 80.3 Å². The van der Waals surface area contributed by atoms with Gasteiger partial charge in [-0.25, -0.2) is 8.42 Å². The van der Waals surface area contributed by atoms with Crippen molar-refractivity contribution >= 4 is 15.6 Å². The SMILES string of the molecule is CS(=O)(=O)N1CC=C(c2ccc(OC(C3CCNCC3)C(C3CC3)C(F)(F)F)cc2)CC1. The summed E-state index contributed by atoms with van der Waals surface area (Å²) in [5.41, 5.74) is 1.98. The number of ether oxygens (including phenoxy) is 1. The van der Waals surface area contributed by atoms with E-state index in [-0.39, 0.29) is 11.8 Å². The minimum absolute atomic E-state index is 0.119. The first kappa shape index (κ1) is 23.6. The summed E-state index contributed by atoms with van der Waals surface area (Å²) < 4.78 is 72.9. The topological polar surface area (TPSA) is 58.6 Å². The van der Waals surface area contributed by atoms with E-state index in [9.17, 15) is 21.6 Å². The number of halogens is 3. The number of benzene rings is 1. The average Bonchev–Trinajstić information content (AvgIpc) is 3.58. The van der Waals surface area contributed by atoms with E-state index in [1.165, 1.54) is 10.6 Å². The third-order valence-electron chi connectivity index (χ3n) is 6.85. The lowest BCUT2D eigenvalue weighted by Gasteiger charge is -2.37. The van der Waals surface area contributed by atoms with Crippen LogP contribution in [0.15, 0.2) is 30.3 Å². The highest BCUT2D eigenvalue weighted by Crippen LogP contribution is 2.50. The highest BCUT2D eigenvalue weighted by molar-refractivity contribution is 7.88. The van der Waals surface area contributed by atoms with Crippen LogP contribution in [0.1, 0.15) is 37.7 Å². The van der Waals surface area contributed by atoms with Gasteiger partial charge in [0.05, 0.1) is 12.2 Å². The first-order valence-electron chi connectivity index (χ1n) is 11.3. The van der Waals surface area contributed by atoms with Gasteiger partial charge < -0.3 is 10.1 Å². The van der Waals surface area contributed by atoms with Crippen LogP contribution in [0.4, 0.5) is 13.2 Å². The fraction of sp³-hybridized carbons (Fsp3) is 0.652. The quantitative estimate of drug-likeness (QED) is 0.650. The summed E-state index contributed by atoms with van der Waals surface area (Å²) in [6.07, 6.45) is 1.17. The Labute approximate surface area is 188 Å². The summed E-state index contributed by atoms with van der Waals surface area (Å²) in [5.74, 6) is -1.42. The van der Waals surface area contributed by atoms with E-state index in [2.05, 4.69) is 5.32 Å². The molecule has 1 saturated heterocycles. The number of sulfonamides is 1. The van der Waals surface area contributed by atoms with Crippen LogP contribution in [-0.2, 0) is 10.0 Å². The Morgan fingerprint density at radius 2 is 1.72 bits per heavy atom. The van der Waals surface area contributed by atoms with E-state index in [4.69, 9.17) is 4.74 Å². The predicted molar refractivity (Wildman–Crippen MR) is 118 cm³/mol. The molecule has 9 heteroatoms. The van der Waals surface area contributed by atoms with Crippen molar-refractivity contribution in [3.05, 3.63) is 35.9 Å². The molecule has 3 aliphatic rings. The van der Waals surface area contributed by atoms with Gasteiger partial charge in [0.25, 0.3) is 0 Å². The second-order valence-electron chi connectivity index (χ2n) is 9.20. The average molecular weight is 473 g/mol. The summed E-state index contributed by atoms with van der Waals surface area (Å²) in [7, 11) is -3.21. The molecule has 5 nitrogen and oxygen atoms in total. The Bertz CT molecular complexity index is 921. The number of hydrogen-bond acceptors (Lipinski definition) is 4. The van der Waals surface area contributed by atoms with Crippen LogP contribution in [0.25, 0.3) is 5.57 Å². The van der Waals surface area contributed by atoms with E-state index >= 15 is 0 Å². The van der Waals surface area contributed by atoms with Crippen molar-refractivity contribution in [2.45, 2.75) is 44.4 Å². The molecule has 2 aliphatic heterocycles. The molecule has 0 amide bonds. The van der Waals surface area contributed by atoms with Crippen molar-refractivity contribution in [2.24, 2.45) is 17.8 Å². The lowest BCUT2D eigenvalue weighted by Crippen LogP contribution is -2.47. The fourth-order valence-electron chi connectivity index (χ4n) is 4.93. The molecule has 178 valence electrons. The molecule has 1 aromatic carbocycles. The van der Waals surface area contributed by atoms with Crippen molar-refractivity contribution in [3.63, 3.8) is 0 Å². The van der Waals surface area contributed by atoms with Crippen LogP contribution in [0.5, 0.6) is 5.75 Å². The number of hydrogen-bond donors (Lipinski definition) is 1. The smallest absolute Gasteiger partial charge is 0.395 e. The minimum atomic E-state index is -4.27. The van der Waals surface area contributed by atoms with Crippen molar-refractivity contribution in [1.82, 2.24) is 9.62 Å². The normalized spacial score (nSPS) is 23.4. The molecule has 0 aromatic heterocycles. The summed E-state index contributed by atoms with van der Waals surface area (Å²) >= 11 is 0. The first-order valence-corrected chi connectivity index (χ1v) is 13.2. The zero-order valence-electron chi connectivity index (χ0n) is 18.3. The molecule has 1 aromatic rings. The van der Waals surface area contributed by atoms with Gasteiger partial charge in [0, 0.05) is 13.1 Å². The summed E-state index contributed by atoms with van der Waals surface area (Å²) in [6.45, 7) is 2.20. The van der Waals surface area contributed by atoms with Gasteiger partial charge in [-0.15, -0.1) is 0 Å². The highest BCUT2D eigenvalue weighted by atomic mass is 32.2. The third-order valence-corrected chi connectivity index (χ3v) is 8.12. The second kappa shape index (κ2) is 9.35. The maximum atomic E-state index is 14.0. The number of nitrogens with zero attached hydrogens (tertiary/aromatic N) is 1. The van der Waals surface area contributed by atoms with Gasteiger partial charge in [0.2, 0.25) is 10.0 Å². The number of nitrogens with one attached hydrogen (secondary N) is 1. The van der Waals surface area contributed by atoms with E-state index in [0.29, 0.717) is 50.9 Å². The van der Waals surface area contributed by atoms with Crippen molar-refractivity contribution in [2.75, 3.05) is 32.4 Å². The highest BCUT2D eigenvalue weighted by Gasteiger charge is 2.55. The zero-order valence-corrected chi connectivity index (χ0v) is 19.1. The second-order valence-corrected chi connectivity index (χ2v) is 11.2. The van der Waals surface area contributed by atoms with Crippen molar-refractivity contribution < 1.29 is 26.3 Å². The molecule has 0 bridgehead atoms. The van der Waals surface area contributed by atoms with Gasteiger partial charge >= 0.3 is 6.18 Å². The first-order chi connectivity index (χ1) is 15.1. The summed E-state index contributed by atoms with van der Waals surface area (Å²) in [5, 5.41) is 3.23. The zero-order chi connectivity index (χ0) is 22.9. The Kier molecular flexibility index (Phi) is 6.89. The van der Waals surface area contributed by atoms with Gasteiger partial charge in [0.15, 0.2) is 0 Å². The van der Waals surface area contributed by atoms with Gasteiger partial charge in [-0.3, -0.25) is 0 Å². The van der Waals surface area contributed by atoms with Crippen LogP contribution in [0, 0.1) is 17.8 Å². The number of rotatable bonds is 7. The molecular formula is C23H31F3N2O3S. The van der Waals surface area contributed by atoms with Crippen LogP contribution in [-0.4, -0.2) is 57.4 Å². The van der Waals surface area contributed by atoms with E-state index < -0.39 is 28.2 Å². The lowest BCUT2D eigenvalue weighted by atomic mass is 9.81. The van der Waals surface area contributed by atoms with E-state index in [0.717, 1.165) is 24.2 Å². The Balaban J connectivity index is 1.50. The molecule has 32 heavy (non-hydrogen) atoms. The molecule has 1 N–H and O–H groups in total. The lowest BCUT2D eigenvalue weighted by molar-refractivity contribution is -0.210. The molecule has 2 heterocycles. The minimum Gasteiger partial charge on any atom is -0.489 e. The largest absolute Gasteiger partial charge is 0.489 e. The summed E-state index contributed by atoms with van der Waals surface area (Å²) in [4.78, 5) is 0. The number of piperidine rings is 1. The van der Waals surface area contributed by atoms with Crippen LogP contribution in [0.2, 0.25) is 0 Å². The molecule has 0 radical (unpaired) electrons. The van der Waals surface area contributed by atoms with Crippen LogP contribution >= 0.6 is 0 Å². The standard InChI is InChI=1S/C23H31F3N2O3S/c1-32(29,30)28-14-10-17(11-15-28)16-4-6-20(7-5-16)31-22(19-8-12-27-13-9-19)21(18-2-3-18)23(24,25)26/h4-7,10,18-19,21-22,27H,2-3,8-9,11-15H2,1H3.